The van der Waals surface area contributed by atoms with Crippen molar-refractivity contribution >= 4 is 18.0 Å². The molecule has 0 radical (unpaired) electrons. The summed E-state index contributed by atoms with van der Waals surface area (Å²) < 4.78 is 0. The Balaban J connectivity index is 2.35. The maximum atomic E-state index is 11.7. The second-order valence-corrected chi connectivity index (χ2v) is 4.46. The number of urea groups is 1. The van der Waals surface area contributed by atoms with Gasteiger partial charge in [0.2, 0.25) is 0 Å². The van der Waals surface area contributed by atoms with Crippen molar-refractivity contribution in [2.45, 2.75) is 12.8 Å². The molecule has 2 amide bonds. The monoisotopic (exact) mass is 294 g/mol. The van der Waals surface area contributed by atoms with Gasteiger partial charge in [0, 0.05) is 6.54 Å². The van der Waals surface area contributed by atoms with Crippen LogP contribution in [0, 0.1) is 0 Å². The number of carboxylic acid groups (broad SMARTS) is 2. The Labute approximate surface area is 122 Å². The second kappa shape index (κ2) is 8.57. The molecule has 0 aromatic heterocycles. The lowest BCUT2D eigenvalue weighted by Gasteiger charge is -2.19. The SMILES string of the molecule is O=C(O)CN(CC(=O)O)C(=O)NCCCc1ccccc1. The van der Waals surface area contributed by atoms with Gasteiger partial charge < -0.3 is 20.4 Å². The number of hydrogen-bond acceptors (Lipinski definition) is 3. The zero-order chi connectivity index (χ0) is 15.7. The Morgan fingerprint density at radius 2 is 1.57 bits per heavy atom. The van der Waals surface area contributed by atoms with Gasteiger partial charge in [0.25, 0.3) is 0 Å². The molecule has 0 bridgehead atoms. The minimum absolute atomic E-state index is 0.351. The molecule has 7 heteroatoms. The van der Waals surface area contributed by atoms with Gasteiger partial charge in [-0.3, -0.25) is 9.59 Å². The third-order valence-corrected chi connectivity index (χ3v) is 2.70. The normalized spacial score (nSPS) is 9.90. The molecule has 0 saturated carbocycles. The van der Waals surface area contributed by atoms with Crippen molar-refractivity contribution in [3.05, 3.63) is 35.9 Å². The van der Waals surface area contributed by atoms with Crippen LogP contribution >= 0.6 is 0 Å². The fourth-order valence-corrected chi connectivity index (χ4v) is 1.77. The van der Waals surface area contributed by atoms with Crippen molar-refractivity contribution < 1.29 is 24.6 Å². The number of nitrogens with one attached hydrogen (secondary N) is 1. The Bertz CT molecular complexity index is 473. The predicted molar refractivity (Wildman–Crippen MR) is 75.0 cm³/mol. The number of aryl methyl sites for hydroxylation is 1. The molecule has 0 saturated heterocycles. The molecular weight excluding hydrogens is 276 g/mol. The van der Waals surface area contributed by atoms with Gasteiger partial charge in [-0.1, -0.05) is 30.3 Å². The predicted octanol–water partition coefficient (Wildman–Crippen LogP) is 0.800. The molecule has 21 heavy (non-hydrogen) atoms. The number of nitrogens with zero attached hydrogens (tertiary/aromatic N) is 1. The van der Waals surface area contributed by atoms with Gasteiger partial charge in [-0.2, -0.15) is 0 Å². The molecule has 0 aliphatic carbocycles. The Morgan fingerprint density at radius 1 is 1.00 bits per heavy atom. The van der Waals surface area contributed by atoms with Crippen LogP contribution in [0.15, 0.2) is 30.3 Å². The maximum absolute atomic E-state index is 11.7. The van der Waals surface area contributed by atoms with E-state index in [9.17, 15) is 14.4 Å². The summed E-state index contributed by atoms with van der Waals surface area (Å²) in [5.74, 6) is -2.51. The van der Waals surface area contributed by atoms with E-state index in [4.69, 9.17) is 10.2 Å². The minimum Gasteiger partial charge on any atom is -0.480 e. The molecule has 1 rings (SSSR count). The molecule has 1 aromatic rings. The van der Waals surface area contributed by atoms with E-state index in [-0.39, 0.29) is 0 Å². The molecule has 0 heterocycles. The molecule has 0 aliphatic rings. The first-order chi connectivity index (χ1) is 9.99. The van der Waals surface area contributed by atoms with Gasteiger partial charge in [-0.25, -0.2) is 4.79 Å². The highest BCUT2D eigenvalue weighted by Gasteiger charge is 2.18. The summed E-state index contributed by atoms with van der Waals surface area (Å²) >= 11 is 0. The summed E-state index contributed by atoms with van der Waals surface area (Å²) in [6.45, 7) is -0.933. The van der Waals surface area contributed by atoms with Gasteiger partial charge in [0.05, 0.1) is 0 Å². The third kappa shape index (κ3) is 6.95. The summed E-state index contributed by atoms with van der Waals surface area (Å²) in [6.07, 6.45) is 1.46. The lowest BCUT2D eigenvalue weighted by molar-refractivity contribution is -0.140. The second-order valence-electron chi connectivity index (χ2n) is 4.46. The number of carboxylic acids is 2. The Kier molecular flexibility index (Phi) is 6.73. The first kappa shape index (κ1) is 16.5. The molecule has 0 atom stereocenters. The third-order valence-electron chi connectivity index (χ3n) is 2.70. The average Bonchev–Trinajstić information content (AvgIpc) is 2.43. The number of hydrogen-bond donors (Lipinski definition) is 3. The van der Waals surface area contributed by atoms with Crippen molar-refractivity contribution in [3.8, 4) is 0 Å². The number of aliphatic carboxylic acids is 2. The largest absolute Gasteiger partial charge is 0.480 e. The van der Waals surface area contributed by atoms with Crippen LogP contribution in [-0.2, 0) is 16.0 Å². The molecule has 0 unspecified atom stereocenters. The lowest BCUT2D eigenvalue weighted by Crippen LogP contribution is -2.45. The molecule has 0 spiro atoms. The van der Waals surface area contributed by atoms with Crippen molar-refractivity contribution in [2.24, 2.45) is 0 Å². The van der Waals surface area contributed by atoms with E-state index in [2.05, 4.69) is 5.32 Å². The molecule has 3 N–H and O–H groups in total. The first-order valence-corrected chi connectivity index (χ1v) is 6.49. The van der Waals surface area contributed by atoms with Crippen molar-refractivity contribution in [3.63, 3.8) is 0 Å². The highest BCUT2D eigenvalue weighted by Crippen LogP contribution is 2.01. The topological polar surface area (TPSA) is 107 Å². The molecule has 0 fully saturated rings. The summed E-state index contributed by atoms with van der Waals surface area (Å²) in [5, 5.41) is 19.8. The molecular formula is C14H18N2O5. The maximum Gasteiger partial charge on any atom is 0.323 e. The fraction of sp³-hybridized carbons (Fsp3) is 0.357. The van der Waals surface area contributed by atoms with Gasteiger partial charge in [0.1, 0.15) is 13.1 Å². The van der Waals surface area contributed by atoms with Crippen LogP contribution < -0.4 is 5.32 Å². The number of carbonyl (C=O) groups excluding carboxylic acids is 1. The van der Waals surface area contributed by atoms with Crippen molar-refractivity contribution in [2.75, 3.05) is 19.6 Å². The van der Waals surface area contributed by atoms with Crippen LogP contribution in [0.25, 0.3) is 0 Å². The lowest BCUT2D eigenvalue weighted by atomic mass is 10.1. The van der Waals surface area contributed by atoms with E-state index in [0.29, 0.717) is 13.0 Å². The standard InChI is InChI=1S/C14H18N2O5/c17-12(18)9-16(10-13(19)20)14(21)15-8-4-7-11-5-2-1-3-6-11/h1-3,5-6H,4,7-10H2,(H,15,21)(H,17,18)(H,19,20). The van der Waals surface area contributed by atoms with Gasteiger partial charge >= 0.3 is 18.0 Å². The number of amides is 2. The minimum atomic E-state index is -1.25. The Morgan fingerprint density at radius 3 is 2.10 bits per heavy atom. The van der Waals surface area contributed by atoms with Crippen LogP contribution in [0.2, 0.25) is 0 Å². The van der Waals surface area contributed by atoms with Crippen LogP contribution in [0.3, 0.4) is 0 Å². The fourth-order valence-electron chi connectivity index (χ4n) is 1.77. The van der Waals surface area contributed by atoms with Crippen molar-refractivity contribution in [1.29, 1.82) is 0 Å². The van der Waals surface area contributed by atoms with E-state index >= 15 is 0 Å². The van der Waals surface area contributed by atoms with Crippen LogP contribution in [0.4, 0.5) is 4.79 Å². The number of benzene rings is 1. The number of rotatable bonds is 8. The summed E-state index contributed by atoms with van der Waals surface area (Å²) in [4.78, 5) is 33.6. The quantitative estimate of drug-likeness (QED) is 0.615. The van der Waals surface area contributed by atoms with E-state index in [1.165, 1.54) is 0 Å². The van der Waals surface area contributed by atoms with Crippen LogP contribution in [0.5, 0.6) is 0 Å². The summed E-state index contributed by atoms with van der Waals surface area (Å²) in [5.41, 5.74) is 1.14. The molecule has 7 nitrogen and oxygen atoms in total. The van der Waals surface area contributed by atoms with Gasteiger partial charge in [-0.15, -0.1) is 0 Å². The summed E-state index contributed by atoms with van der Waals surface area (Å²) in [7, 11) is 0. The molecule has 114 valence electrons. The molecule has 1 aromatic carbocycles. The van der Waals surface area contributed by atoms with E-state index < -0.39 is 31.1 Å². The highest BCUT2D eigenvalue weighted by atomic mass is 16.4. The van der Waals surface area contributed by atoms with Gasteiger partial charge in [-0.05, 0) is 18.4 Å². The zero-order valence-corrected chi connectivity index (χ0v) is 11.5. The zero-order valence-electron chi connectivity index (χ0n) is 11.5. The number of carbonyl (C=O) groups is 3. The summed E-state index contributed by atoms with van der Waals surface area (Å²) in [6, 6.07) is 9.03. The Hall–Kier alpha value is -2.57. The van der Waals surface area contributed by atoms with Crippen molar-refractivity contribution in [1.82, 2.24) is 10.2 Å². The highest BCUT2D eigenvalue weighted by molar-refractivity contribution is 5.84. The van der Waals surface area contributed by atoms with Crippen LogP contribution in [-0.4, -0.2) is 52.7 Å². The molecule has 0 aliphatic heterocycles. The van der Waals surface area contributed by atoms with E-state index in [0.717, 1.165) is 16.9 Å². The first-order valence-electron chi connectivity index (χ1n) is 6.49. The van der Waals surface area contributed by atoms with Gasteiger partial charge in [0.15, 0.2) is 0 Å². The smallest absolute Gasteiger partial charge is 0.323 e. The van der Waals surface area contributed by atoms with E-state index in [1.54, 1.807) is 0 Å². The van der Waals surface area contributed by atoms with E-state index in [1.807, 2.05) is 30.3 Å². The van der Waals surface area contributed by atoms with Crippen LogP contribution in [0.1, 0.15) is 12.0 Å². The average molecular weight is 294 g/mol.